The molecule has 0 bridgehead atoms. The average Bonchev–Trinajstić information content (AvgIpc) is 2.44. The summed E-state index contributed by atoms with van der Waals surface area (Å²) in [7, 11) is 1.61. The largest absolute Gasteiger partial charge is 0.247 e. The quantitative estimate of drug-likeness (QED) is 0.761. The van der Waals surface area contributed by atoms with Crippen molar-refractivity contribution in [2.75, 3.05) is 0 Å². The zero-order valence-corrected chi connectivity index (χ0v) is 10.5. The van der Waals surface area contributed by atoms with Crippen LogP contribution >= 0.6 is 10.7 Å². The number of hydrogen-bond acceptors (Lipinski definition) is 4. The van der Waals surface area contributed by atoms with E-state index in [2.05, 4.69) is 10.3 Å². The van der Waals surface area contributed by atoms with E-state index in [4.69, 9.17) is 10.7 Å². The molecular formula is C8H14ClN3O2S. The summed E-state index contributed by atoms with van der Waals surface area (Å²) in [6.07, 6.45) is 0.687. The third-order valence-electron chi connectivity index (χ3n) is 2.00. The molecule has 0 unspecified atom stereocenters. The van der Waals surface area contributed by atoms with E-state index in [9.17, 15) is 8.42 Å². The Morgan fingerprint density at radius 3 is 2.47 bits per heavy atom. The molecule has 0 saturated carbocycles. The van der Waals surface area contributed by atoms with Crippen LogP contribution in [0.15, 0.2) is 0 Å². The van der Waals surface area contributed by atoms with Gasteiger partial charge in [0.05, 0.1) is 5.69 Å². The molecule has 0 aliphatic rings. The second-order valence-electron chi connectivity index (χ2n) is 3.56. The number of nitrogens with zero attached hydrogens (tertiary/aromatic N) is 3. The number of rotatable bonds is 4. The first-order chi connectivity index (χ1) is 6.85. The molecule has 0 aromatic carbocycles. The summed E-state index contributed by atoms with van der Waals surface area (Å²) < 4.78 is 23.6. The van der Waals surface area contributed by atoms with E-state index in [1.165, 1.54) is 0 Å². The lowest BCUT2D eigenvalue weighted by atomic mass is 10.2. The highest BCUT2D eigenvalue weighted by atomic mass is 35.7. The summed E-state index contributed by atoms with van der Waals surface area (Å²) in [4.78, 5) is 0. The topological polar surface area (TPSA) is 64.8 Å². The average molecular weight is 252 g/mol. The van der Waals surface area contributed by atoms with Gasteiger partial charge in [-0.2, -0.15) is 0 Å². The van der Waals surface area contributed by atoms with E-state index < -0.39 is 9.05 Å². The van der Waals surface area contributed by atoms with Crippen LogP contribution in [0, 0.1) is 0 Å². The van der Waals surface area contributed by atoms with Crippen molar-refractivity contribution in [3.63, 3.8) is 0 Å². The Bertz CT molecular complexity index is 439. The minimum Gasteiger partial charge on any atom is -0.247 e. The van der Waals surface area contributed by atoms with Crippen LogP contribution in [-0.4, -0.2) is 23.4 Å². The van der Waals surface area contributed by atoms with Crippen LogP contribution in [0.4, 0.5) is 0 Å². The molecule has 0 spiro atoms. The zero-order valence-electron chi connectivity index (χ0n) is 8.94. The fraction of sp³-hybridized carbons (Fsp3) is 0.750. The highest BCUT2D eigenvalue weighted by molar-refractivity contribution is 8.13. The maximum absolute atomic E-state index is 10.9. The van der Waals surface area contributed by atoms with Crippen molar-refractivity contribution in [1.82, 2.24) is 15.0 Å². The summed E-state index contributed by atoms with van der Waals surface area (Å²) in [6, 6.07) is 0.166. The van der Waals surface area contributed by atoms with Crippen LogP contribution in [0.2, 0.25) is 0 Å². The first kappa shape index (κ1) is 12.4. The van der Waals surface area contributed by atoms with Gasteiger partial charge in [0.25, 0.3) is 0 Å². The molecule has 15 heavy (non-hydrogen) atoms. The highest BCUT2D eigenvalue weighted by Crippen LogP contribution is 2.16. The van der Waals surface area contributed by atoms with Crippen molar-refractivity contribution in [2.45, 2.75) is 39.0 Å². The van der Waals surface area contributed by atoms with Gasteiger partial charge in [0.15, 0.2) is 0 Å². The molecule has 86 valence electrons. The Balaban J connectivity index is 3.10. The molecule has 0 fully saturated rings. The van der Waals surface area contributed by atoms with E-state index in [-0.39, 0.29) is 11.8 Å². The molecule has 0 atom stereocenters. The molecule has 1 rings (SSSR count). The molecule has 1 aromatic rings. The summed E-state index contributed by atoms with van der Waals surface area (Å²) >= 11 is 0. The monoisotopic (exact) mass is 251 g/mol. The zero-order chi connectivity index (χ0) is 11.6. The van der Waals surface area contributed by atoms with E-state index in [0.29, 0.717) is 12.1 Å². The second-order valence-corrected chi connectivity index (χ2v) is 6.33. The molecule has 1 aromatic heterocycles. The molecular weight excluding hydrogens is 238 g/mol. The first-order valence-corrected chi connectivity index (χ1v) is 7.18. The fourth-order valence-electron chi connectivity index (χ4n) is 1.40. The Kier molecular flexibility index (Phi) is 3.72. The van der Waals surface area contributed by atoms with E-state index >= 15 is 0 Å². The van der Waals surface area contributed by atoms with Gasteiger partial charge in [0.1, 0.15) is 11.4 Å². The van der Waals surface area contributed by atoms with Crippen molar-refractivity contribution in [2.24, 2.45) is 0 Å². The van der Waals surface area contributed by atoms with E-state index in [1.54, 1.807) is 4.68 Å². The Labute approximate surface area is 93.8 Å². The molecule has 1 heterocycles. The summed E-state index contributed by atoms with van der Waals surface area (Å²) in [6.45, 7) is 5.86. The van der Waals surface area contributed by atoms with Gasteiger partial charge in [-0.1, -0.05) is 12.1 Å². The van der Waals surface area contributed by atoms with Crippen LogP contribution < -0.4 is 0 Å². The predicted molar refractivity (Wildman–Crippen MR) is 58.3 cm³/mol. The van der Waals surface area contributed by atoms with Crippen LogP contribution in [0.1, 0.15) is 38.2 Å². The predicted octanol–water partition coefficient (Wildman–Crippen LogP) is 1.49. The van der Waals surface area contributed by atoms with E-state index in [1.807, 2.05) is 20.8 Å². The molecule has 0 saturated heterocycles. The van der Waals surface area contributed by atoms with Crippen molar-refractivity contribution in [3.05, 3.63) is 11.4 Å². The SMILES string of the molecule is CCc1c(CS(=O)(=O)Cl)nnn1C(C)C. The second kappa shape index (κ2) is 4.49. The normalized spacial score (nSPS) is 12.3. The molecule has 5 nitrogen and oxygen atoms in total. The number of hydrogen-bond donors (Lipinski definition) is 0. The van der Waals surface area contributed by atoms with Crippen LogP contribution in [0.3, 0.4) is 0 Å². The van der Waals surface area contributed by atoms with Crippen molar-refractivity contribution < 1.29 is 8.42 Å². The van der Waals surface area contributed by atoms with Gasteiger partial charge in [-0.3, -0.25) is 0 Å². The molecule has 0 aliphatic carbocycles. The third kappa shape index (κ3) is 3.17. The van der Waals surface area contributed by atoms with Gasteiger partial charge in [-0.15, -0.1) is 5.10 Å². The number of aromatic nitrogens is 3. The maximum atomic E-state index is 10.9. The van der Waals surface area contributed by atoms with Crippen molar-refractivity contribution in [1.29, 1.82) is 0 Å². The summed E-state index contributed by atoms with van der Waals surface area (Å²) in [5, 5.41) is 7.76. The highest BCUT2D eigenvalue weighted by Gasteiger charge is 2.18. The smallest absolute Gasteiger partial charge is 0.238 e. The van der Waals surface area contributed by atoms with Crippen LogP contribution in [0.5, 0.6) is 0 Å². The van der Waals surface area contributed by atoms with Gasteiger partial charge in [0, 0.05) is 16.7 Å². The molecule has 0 amide bonds. The Hall–Kier alpha value is -0.620. The van der Waals surface area contributed by atoms with Crippen molar-refractivity contribution >= 4 is 19.7 Å². The lowest BCUT2D eigenvalue weighted by Gasteiger charge is -2.08. The van der Waals surface area contributed by atoms with Gasteiger partial charge < -0.3 is 0 Å². The van der Waals surface area contributed by atoms with E-state index in [0.717, 1.165) is 5.69 Å². The Morgan fingerprint density at radius 2 is 2.07 bits per heavy atom. The molecule has 7 heteroatoms. The van der Waals surface area contributed by atoms with Gasteiger partial charge in [0.2, 0.25) is 9.05 Å². The fourth-order valence-corrected chi connectivity index (χ4v) is 2.26. The summed E-state index contributed by atoms with van der Waals surface area (Å²) in [5.41, 5.74) is 1.27. The van der Waals surface area contributed by atoms with Crippen molar-refractivity contribution in [3.8, 4) is 0 Å². The molecule has 0 N–H and O–H groups in total. The van der Waals surface area contributed by atoms with Gasteiger partial charge in [-0.05, 0) is 20.3 Å². The minimum absolute atomic E-state index is 0.166. The third-order valence-corrected chi connectivity index (χ3v) is 2.95. The van der Waals surface area contributed by atoms with Crippen LogP contribution in [-0.2, 0) is 21.2 Å². The van der Waals surface area contributed by atoms with Gasteiger partial charge >= 0.3 is 0 Å². The standard InChI is InChI=1S/C8H14ClN3O2S/c1-4-8-7(5-15(9,13)14)10-11-12(8)6(2)3/h6H,4-5H2,1-3H3. The number of halogens is 1. The lowest BCUT2D eigenvalue weighted by molar-refractivity contribution is 0.496. The Morgan fingerprint density at radius 1 is 1.47 bits per heavy atom. The molecule has 0 aliphatic heterocycles. The first-order valence-electron chi connectivity index (χ1n) is 4.70. The lowest BCUT2D eigenvalue weighted by Crippen LogP contribution is -2.08. The summed E-state index contributed by atoms with van der Waals surface area (Å²) in [5.74, 6) is -0.259. The molecule has 0 radical (unpaired) electrons. The van der Waals surface area contributed by atoms with Gasteiger partial charge in [-0.25, -0.2) is 13.1 Å². The minimum atomic E-state index is -3.57. The van der Waals surface area contributed by atoms with Crippen LogP contribution in [0.25, 0.3) is 0 Å². The maximum Gasteiger partial charge on any atom is 0.238 e.